The number of rotatable bonds is 6. The zero-order chi connectivity index (χ0) is 16.2. The molecule has 0 unspecified atom stereocenters. The van der Waals surface area contributed by atoms with Gasteiger partial charge in [0.1, 0.15) is 11.6 Å². The van der Waals surface area contributed by atoms with Crippen molar-refractivity contribution in [1.29, 1.82) is 0 Å². The number of nitrogens with zero attached hydrogens (tertiary/aromatic N) is 2. The lowest BCUT2D eigenvalue weighted by atomic mass is 10.3. The van der Waals surface area contributed by atoms with Gasteiger partial charge < -0.3 is 9.72 Å². The van der Waals surface area contributed by atoms with E-state index in [1.54, 1.807) is 18.2 Å². The maximum absolute atomic E-state index is 12.8. The number of nitro groups is 1. The van der Waals surface area contributed by atoms with E-state index in [0.29, 0.717) is 34.3 Å². The Bertz CT molecular complexity index is 836. The Balaban J connectivity index is 1.56. The van der Waals surface area contributed by atoms with E-state index in [1.807, 2.05) is 0 Å². The molecular formula is C15H12FN3O3S. The minimum absolute atomic E-state index is 0.0253. The highest BCUT2D eigenvalue weighted by molar-refractivity contribution is 7.99. The second-order valence-electron chi connectivity index (χ2n) is 4.65. The van der Waals surface area contributed by atoms with Crippen LogP contribution in [0.1, 0.15) is 0 Å². The van der Waals surface area contributed by atoms with Crippen molar-refractivity contribution in [3.8, 4) is 5.75 Å². The maximum Gasteiger partial charge on any atom is 0.271 e. The number of nitrogens with one attached hydrogen (secondary N) is 1. The van der Waals surface area contributed by atoms with Crippen molar-refractivity contribution in [2.24, 2.45) is 0 Å². The fraction of sp³-hybridized carbons (Fsp3) is 0.133. The third-order valence-electron chi connectivity index (χ3n) is 3.06. The lowest BCUT2D eigenvalue weighted by Gasteiger charge is -2.04. The molecule has 1 N–H and O–H groups in total. The zero-order valence-electron chi connectivity index (χ0n) is 11.9. The molecule has 1 heterocycles. The van der Waals surface area contributed by atoms with Crippen molar-refractivity contribution in [2.75, 3.05) is 12.4 Å². The van der Waals surface area contributed by atoms with Crippen LogP contribution in [0, 0.1) is 15.9 Å². The summed E-state index contributed by atoms with van der Waals surface area (Å²) in [4.78, 5) is 17.7. The molecule has 0 saturated heterocycles. The molecule has 23 heavy (non-hydrogen) atoms. The molecule has 0 spiro atoms. The van der Waals surface area contributed by atoms with E-state index in [4.69, 9.17) is 4.74 Å². The van der Waals surface area contributed by atoms with E-state index in [9.17, 15) is 14.5 Å². The highest BCUT2D eigenvalue weighted by atomic mass is 32.2. The number of hydrogen-bond acceptors (Lipinski definition) is 5. The molecule has 0 aliphatic rings. The Kier molecular flexibility index (Phi) is 4.42. The third kappa shape index (κ3) is 3.78. The van der Waals surface area contributed by atoms with Crippen molar-refractivity contribution in [2.45, 2.75) is 5.16 Å². The minimum Gasteiger partial charge on any atom is -0.493 e. The SMILES string of the molecule is O=[N+]([O-])c1ccc2nc(SCCOc3ccc(F)cc3)[nH]c2c1. The van der Waals surface area contributed by atoms with Crippen LogP contribution >= 0.6 is 11.8 Å². The fourth-order valence-electron chi connectivity index (χ4n) is 1.98. The van der Waals surface area contributed by atoms with Crippen LogP contribution in [-0.2, 0) is 0 Å². The Morgan fingerprint density at radius 1 is 1.26 bits per heavy atom. The summed E-state index contributed by atoms with van der Waals surface area (Å²) >= 11 is 1.45. The van der Waals surface area contributed by atoms with Gasteiger partial charge in [0.2, 0.25) is 0 Å². The number of H-pyrrole nitrogens is 1. The average molecular weight is 333 g/mol. The molecule has 0 fully saturated rings. The monoisotopic (exact) mass is 333 g/mol. The van der Waals surface area contributed by atoms with Crippen molar-refractivity contribution in [1.82, 2.24) is 9.97 Å². The molecule has 118 valence electrons. The Morgan fingerprint density at radius 3 is 2.78 bits per heavy atom. The summed E-state index contributed by atoms with van der Waals surface area (Å²) in [6.07, 6.45) is 0. The number of aromatic nitrogens is 2. The van der Waals surface area contributed by atoms with Crippen LogP contribution < -0.4 is 4.74 Å². The normalized spacial score (nSPS) is 10.8. The highest BCUT2D eigenvalue weighted by Crippen LogP contribution is 2.23. The van der Waals surface area contributed by atoms with Gasteiger partial charge in [-0.15, -0.1) is 0 Å². The van der Waals surface area contributed by atoms with Crippen LogP contribution in [0.25, 0.3) is 11.0 Å². The number of halogens is 1. The van der Waals surface area contributed by atoms with Gasteiger partial charge in [-0.3, -0.25) is 10.1 Å². The number of fused-ring (bicyclic) bond motifs is 1. The van der Waals surface area contributed by atoms with Gasteiger partial charge in [0.05, 0.1) is 22.6 Å². The van der Waals surface area contributed by atoms with Crippen LogP contribution in [0.15, 0.2) is 47.6 Å². The summed E-state index contributed by atoms with van der Waals surface area (Å²) in [5.74, 6) is 0.939. The first-order valence-electron chi connectivity index (χ1n) is 6.77. The molecule has 0 radical (unpaired) electrons. The number of aromatic amines is 1. The molecule has 0 aliphatic carbocycles. The first kappa shape index (κ1) is 15.3. The van der Waals surface area contributed by atoms with Crippen LogP contribution in [0.3, 0.4) is 0 Å². The van der Waals surface area contributed by atoms with Crippen molar-refractivity contribution < 1.29 is 14.1 Å². The number of non-ortho nitro benzene ring substituents is 1. The topological polar surface area (TPSA) is 81.1 Å². The minimum atomic E-state index is -0.441. The van der Waals surface area contributed by atoms with Gasteiger partial charge in [-0.05, 0) is 30.3 Å². The van der Waals surface area contributed by atoms with Crippen LogP contribution in [-0.4, -0.2) is 27.3 Å². The maximum atomic E-state index is 12.8. The van der Waals surface area contributed by atoms with Crippen molar-refractivity contribution in [3.05, 3.63) is 58.4 Å². The number of hydrogen-bond donors (Lipinski definition) is 1. The zero-order valence-corrected chi connectivity index (χ0v) is 12.7. The standard InChI is InChI=1S/C15H12FN3O3S/c16-10-1-4-12(5-2-10)22-7-8-23-15-17-13-6-3-11(19(20)21)9-14(13)18-15/h1-6,9H,7-8H2,(H,17,18). The molecule has 0 atom stereocenters. The molecule has 3 rings (SSSR count). The summed E-state index contributed by atoms with van der Waals surface area (Å²) in [6.45, 7) is 0.438. The molecular weight excluding hydrogens is 321 g/mol. The molecule has 6 nitrogen and oxygen atoms in total. The van der Waals surface area contributed by atoms with E-state index in [1.165, 1.54) is 36.0 Å². The van der Waals surface area contributed by atoms with Crippen molar-refractivity contribution >= 4 is 28.5 Å². The van der Waals surface area contributed by atoms with Gasteiger partial charge in [-0.1, -0.05) is 11.8 Å². The largest absolute Gasteiger partial charge is 0.493 e. The quantitative estimate of drug-likeness (QED) is 0.321. The van der Waals surface area contributed by atoms with Crippen LogP contribution in [0.5, 0.6) is 5.75 Å². The summed E-state index contributed by atoms with van der Waals surface area (Å²) < 4.78 is 18.3. The molecule has 1 aromatic heterocycles. The van der Waals surface area contributed by atoms with E-state index < -0.39 is 4.92 Å². The number of nitro benzene ring substituents is 1. The van der Waals surface area contributed by atoms with Crippen LogP contribution in [0.2, 0.25) is 0 Å². The highest BCUT2D eigenvalue weighted by Gasteiger charge is 2.09. The average Bonchev–Trinajstić information content (AvgIpc) is 2.95. The Labute approximate surface area is 134 Å². The van der Waals surface area contributed by atoms with Crippen LogP contribution in [0.4, 0.5) is 10.1 Å². The van der Waals surface area contributed by atoms with E-state index >= 15 is 0 Å². The second-order valence-corrected chi connectivity index (χ2v) is 5.73. The molecule has 0 bridgehead atoms. The Morgan fingerprint density at radius 2 is 2.04 bits per heavy atom. The molecule has 8 heteroatoms. The molecule has 0 amide bonds. The fourth-order valence-corrected chi connectivity index (χ4v) is 2.69. The number of benzene rings is 2. The first-order chi connectivity index (χ1) is 11.1. The predicted octanol–water partition coefficient (Wildman–Crippen LogP) is 3.78. The first-order valence-corrected chi connectivity index (χ1v) is 7.76. The van der Waals surface area contributed by atoms with Gasteiger partial charge in [0.15, 0.2) is 5.16 Å². The van der Waals surface area contributed by atoms with Gasteiger partial charge in [0, 0.05) is 17.9 Å². The summed E-state index contributed by atoms with van der Waals surface area (Å²) in [7, 11) is 0. The number of ether oxygens (including phenoxy) is 1. The van der Waals surface area contributed by atoms with Gasteiger partial charge in [-0.2, -0.15) is 0 Å². The van der Waals surface area contributed by atoms with E-state index in [2.05, 4.69) is 9.97 Å². The third-order valence-corrected chi connectivity index (χ3v) is 3.90. The lowest BCUT2D eigenvalue weighted by Crippen LogP contribution is -2.00. The number of thioether (sulfide) groups is 1. The Hall–Kier alpha value is -2.61. The smallest absolute Gasteiger partial charge is 0.271 e. The van der Waals surface area contributed by atoms with E-state index in [0.717, 1.165) is 0 Å². The van der Waals surface area contributed by atoms with E-state index in [-0.39, 0.29) is 11.5 Å². The van der Waals surface area contributed by atoms with Crippen molar-refractivity contribution in [3.63, 3.8) is 0 Å². The molecule has 0 aliphatic heterocycles. The number of imidazole rings is 1. The molecule has 0 saturated carbocycles. The second kappa shape index (κ2) is 6.66. The predicted molar refractivity (Wildman–Crippen MR) is 85.4 cm³/mol. The summed E-state index contributed by atoms with van der Waals surface area (Å²) in [5.41, 5.74) is 1.33. The summed E-state index contributed by atoms with van der Waals surface area (Å²) in [6, 6.07) is 10.3. The lowest BCUT2D eigenvalue weighted by molar-refractivity contribution is -0.384. The molecule has 2 aromatic carbocycles. The summed E-state index contributed by atoms with van der Waals surface area (Å²) in [5, 5.41) is 11.4. The van der Waals surface area contributed by atoms with Gasteiger partial charge in [0.25, 0.3) is 5.69 Å². The van der Waals surface area contributed by atoms with Gasteiger partial charge in [-0.25, -0.2) is 9.37 Å². The van der Waals surface area contributed by atoms with Gasteiger partial charge >= 0.3 is 0 Å². The molecule has 3 aromatic rings.